The minimum absolute atomic E-state index is 0.0507. The van der Waals surface area contributed by atoms with Crippen LogP contribution in [0, 0.1) is 12.7 Å². The molecule has 0 saturated heterocycles. The Balaban J connectivity index is 1.99. The molecule has 3 N–H and O–H groups in total. The molecule has 1 aromatic heterocycles. The summed E-state index contributed by atoms with van der Waals surface area (Å²) in [5.41, 5.74) is 4.76. The Morgan fingerprint density at radius 3 is 2.68 bits per heavy atom. The quantitative estimate of drug-likeness (QED) is 0.840. The zero-order valence-electron chi connectivity index (χ0n) is 15.1. The fraction of sp³-hybridized carbons (Fsp3) is 0.211. The minimum Gasteiger partial charge on any atom is -0.482 e. The maximum Gasteiger partial charge on any atom is 0.310 e. The number of aliphatic imine (C=N–C) groups is 1. The van der Waals surface area contributed by atoms with Gasteiger partial charge in [-0.3, -0.25) is 9.78 Å². The number of amidine groups is 1. The molecule has 1 aliphatic heterocycles. The number of nitrogens with one attached hydrogen (secondary N) is 1. The number of hydrogen-bond donors (Lipinski definition) is 2. The Kier molecular flexibility index (Phi) is 5.08. The van der Waals surface area contributed by atoms with Crippen molar-refractivity contribution in [2.24, 2.45) is 10.7 Å². The number of amides is 1. The lowest BCUT2D eigenvalue weighted by Crippen LogP contribution is -2.37. The van der Waals surface area contributed by atoms with Crippen LogP contribution in [0.3, 0.4) is 0 Å². The van der Waals surface area contributed by atoms with Crippen LogP contribution in [0.4, 0.5) is 18.9 Å². The van der Waals surface area contributed by atoms with Crippen LogP contribution >= 0.6 is 0 Å². The summed E-state index contributed by atoms with van der Waals surface area (Å²) in [6.45, 7) is 2.77. The highest BCUT2D eigenvalue weighted by molar-refractivity contribution is 6.02. The van der Waals surface area contributed by atoms with E-state index in [1.165, 1.54) is 31.3 Å². The number of rotatable bonds is 3. The molecule has 1 unspecified atom stereocenters. The lowest BCUT2D eigenvalue weighted by Gasteiger charge is -2.32. The van der Waals surface area contributed by atoms with Crippen molar-refractivity contribution in [1.29, 1.82) is 0 Å². The van der Waals surface area contributed by atoms with Gasteiger partial charge in [-0.2, -0.15) is 8.78 Å². The Hall–Kier alpha value is -3.36. The fourth-order valence-corrected chi connectivity index (χ4v) is 2.85. The van der Waals surface area contributed by atoms with E-state index in [9.17, 15) is 18.0 Å². The molecule has 0 bridgehead atoms. The Labute approximate surface area is 158 Å². The summed E-state index contributed by atoms with van der Waals surface area (Å²) in [4.78, 5) is 20.3. The average molecular weight is 390 g/mol. The van der Waals surface area contributed by atoms with Crippen molar-refractivity contribution in [3.63, 3.8) is 0 Å². The predicted octanol–water partition coefficient (Wildman–Crippen LogP) is 3.49. The highest BCUT2D eigenvalue weighted by Crippen LogP contribution is 2.41. The van der Waals surface area contributed by atoms with Crippen LogP contribution < -0.4 is 11.1 Å². The minimum atomic E-state index is -2.13. The Bertz CT molecular complexity index is 985. The third-order valence-corrected chi connectivity index (χ3v) is 4.24. The molecule has 0 spiro atoms. The molecule has 1 aromatic carbocycles. The number of aromatic nitrogens is 1. The lowest BCUT2D eigenvalue weighted by molar-refractivity contribution is 0.102. The number of nitrogens with zero attached hydrogens (tertiary/aromatic N) is 2. The molecule has 2 aromatic rings. The molecular weight excluding hydrogens is 373 g/mol. The van der Waals surface area contributed by atoms with Crippen LogP contribution in [0.25, 0.3) is 0 Å². The molecule has 1 amide bonds. The molecule has 0 saturated carbocycles. The van der Waals surface area contributed by atoms with Gasteiger partial charge in [0.2, 0.25) is 0 Å². The van der Waals surface area contributed by atoms with Gasteiger partial charge in [0, 0.05) is 17.4 Å². The molecule has 6 nitrogen and oxygen atoms in total. The second kappa shape index (κ2) is 7.34. The number of carbonyl (C=O) groups excluding carboxylic acids is 1. The summed E-state index contributed by atoms with van der Waals surface area (Å²) in [5.74, 6) is -2.16. The van der Waals surface area contributed by atoms with Gasteiger partial charge in [-0.1, -0.05) is 6.07 Å². The fourth-order valence-electron chi connectivity index (χ4n) is 2.85. The highest BCUT2D eigenvalue weighted by Gasteiger charge is 2.41. The van der Waals surface area contributed by atoms with Crippen LogP contribution in [-0.2, 0) is 10.3 Å². The molecule has 1 aliphatic rings. The molecular formula is C19H17F3N4O2. The topological polar surface area (TPSA) is 89.6 Å². The third kappa shape index (κ3) is 3.68. The van der Waals surface area contributed by atoms with Gasteiger partial charge in [0.05, 0.1) is 0 Å². The first-order valence-corrected chi connectivity index (χ1v) is 8.27. The Morgan fingerprint density at radius 1 is 1.29 bits per heavy atom. The highest BCUT2D eigenvalue weighted by atomic mass is 19.3. The number of carbonyl (C=O) groups is 1. The van der Waals surface area contributed by atoms with Crippen molar-refractivity contribution in [3.8, 4) is 0 Å². The summed E-state index contributed by atoms with van der Waals surface area (Å²) in [5, 5.41) is 2.56. The first kappa shape index (κ1) is 19.4. The van der Waals surface area contributed by atoms with Gasteiger partial charge >= 0.3 is 6.08 Å². The summed E-state index contributed by atoms with van der Waals surface area (Å²) in [7, 11) is 0. The number of aryl methyl sites for hydroxylation is 1. The molecule has 9 heteroatoms. The van der Waals surface area contributed by atoms with E-state index in [0.717, 1.165) is 11.6 Å². The van der Waals surface area contributed by atoms with Crippen molar-refractivity contribution in [1.82, 2.24) is 4.98 Å². The molecule has 1 atom stereocenters. The summed E-state index contributed by atoms with van der Waals surface area (Å²) in [6.07, 6.45) is -0.597. The standard InChI is InChI=1S/C19H17F3N4O2/c1-10-3-6-14(24-8-10)18(27)25-11-4-5-13(20)12(7-11)19(2)16(17(21)22)28-9-15(23)26-19/h3-8H,9H2,1-2H3,(H2,23,26)(H,25,27). The van der Waals surface area contributed by atoms with Crippen LogP contribution in [0.15, 0.2) is 53.4 Å². The third-order valence-electron chi connectivity index (χ3n) is 4.24. The van der Waals surface area contributed by atoms with Crippen LogP contribution in [0.1, 0.15) is 28.5 Å². The average Bonchev–Trinajstić information content (AvgIpc) is 2.63. The van der Waals surface area contributed by atoms with E-state index in [4.69, 9.17) is 10.5 Å². The van der Waals surface area contributed by atoms with E-state index in [1.54, 1.807) is 6.07 Å². The van der Waals surface area contributed by atoms with E-state index in [-0.39, 0.29) is 29.4 Å². The lowest BCUT2D eigenvalue weighted by atomic mass is 9.89. The number of hydrogen-bond acceptors (Lipinski definition) is 5. The first-order chi connectivity index (χ1) is 13.2. The van der Waals surface area contributed by atoms with Crippen molar-refractivity contribution in [2.45, 2.75) is 19.4 Å². The molecule has 28 heavy (non-hydrogen) atoms. The summed E-state index contributed by atoms with van der Waals surface area (Å²) in [6, 6.07) is 6.83. The maximum atomic E-state index is 14.5. The second-order valence-electron chi connectivity index (χ2n) is 6.42. The van der Waals surface area contributed by atoms with Crippen LogP contribution in [-0.4, -0.2) is 23.3 Å². The van der Waals surface area contributed by atoms with Gasteiger partial charge < -0.3 is 15.8 Å². The van der Waals surface area contributed by atoms with E-state index >= 15 is 0 Å². The number of pyridine rings is 1. The van der Waals surface area contributed by atoms with Crippen molar-refractivity contribution in [2.75, 3.05) is 11.9 Å². The number of anilines is 1. The van der Waals surface area contributed by atoms with E-state index in [1.807, 2.05) is 6.92 Å². The van der Waals surface area contributed by atoms with Gasteiger partial charge in [0.1, 0.15) is 24.0 Å². The first-order valence-electron chi connectivity index (χ1n) is 8.27. The molecule has 2 heterocycles. The van der Waals surface area contributed by atoms with Crippen LogP contribution in [0.2, 0.25) is 0 Å². The molecule has 0 fully saturated rings. The van der Waals surface area contributed by atoms with Gasteiger partial charge in [-0.15, -0.1) is 0 Å². The van der Waals surface area contributed by atoms with Gasteiger partial charge in [0.15, 0.2) is 11.3 Å². The monoisotopic (exact) mass is 390 g/mol. The van der Waals surface area contributed by atoms with Crippen LogP contribution in [0.5, 0.6) is 0 Å². The maximum absolute atomic E-state index is 14.5. The number of nitrogens with two attached hydrogens (primary N) is 1. The SMILES string of the molecule is Cc1ccc(C(=O)Nc2ccc(F)c(C3(C)N=C(N)COC3=C(F)F)c2)nc1. The van der Waals surface area contributed by atoms with Gasteiger partial charge in [-0.25, -0.2) is 9.38 Å². The van der Waals surface area contributed by atoms with Crippen molar-refractivity contribution < 1.29 is 22.7 Å². The number of halogens is 3. The zero-order chi connectivity index (χ0) is 20.5. The summed E-state index contributed by atoms with van der Waals surface area (Å²) >= 11 is 0. The predicted molar refractivity (Wildman–Crippen MR) is 97.5 cm³/mol. The zero-order valence-corrected chi connectivity index (χ0v) is 15.1. The van der Waals surface area contributed by atoms with E-state index in [2.05, 4.69) is 15.3 Å². The molecule has 0 aliphatic carbocycles. The second-order valence-corrected chi connectivity index (χ2v) is 6.42. The number of benzene rings is 1. The molecule has 3 rings (SSSR count). The van der Waals surface area contributed by atoms with Crippen molar-refractivity contribution in [3.05, 3.63) is 71.0 Å². The smallest absolute Gasteiger partial charge is 0.310 e. The molecule has 0 radical (unpaired) electrons. The van der Waals surface area contributed by atoms with Crippen molar-refractivity contribution >= 4 is 17.4 Å². The summed E-state index contributed by atoms with van der Waals surface area (Å²) < 4.78 is 46.2. The van der Waals surface area contributed by atoms with Gasteiger partial charge in [-0.05, 0) is 43.7 Å². The van der Waals surface area contributed by atoms with E-state index < -0.39 is 29.1 Å². The van der Waals surface area contributed by atoms with Gasteiger partial charge in [0.25, 0.3) is 5.91 Å². The van der Waals surface area contributed by atoms with E-state index in [0.29, 0.717) is 0 Å². The Morgan fingerprint density at radius 2 is 2.04 bits per heavy atom. The molecule has 146 valence electrons. The number of ether oxygens (including phenoxy) is 1. The largest absolute Gasteiger partial charge is 0.482 e. The normalized spacial score (nSPS) is 18.9.